The largest absolute Gasteiger partial charge is 0.351 e. The summed E-state index contributed by atoms with van der Waals surface area (Å²) in [6, 6.07) is 1.48. The van der Waals surface area contributed by atoms with Crippen molar-refractivity contribution in [2.24, 2.45) is 0 Å². The number of nitrogens with zero attached hydrogens (tertiary/aromatic N) is 2. The minimum Gasteiger partial charge on any atom is -0.351 e. The third-order valence-electron chi connectivity index (χ3n) is 2.88. The molecule has 0 saturated carbocycles. The topological polar surface area (TPSA) is 6.48 Å². The smallest absolute Gasteiger partial charge is 0.182 e. The van der Waals surface area contributed by atoms with Crippen LogP contribution in [0.1, 0.15) is 12.8 Å². The molecule has 2 nitrogen and oxygen atoms in total. The molecule has 54 valence electrons. The van der Waals surface area contributed by atoms with E-state index in [0.29, 0.717) is 0 Å². The third kappa shape index (κ3) is 0.885. The second-order valence-corrected chi connectivity index (χ2v) is 3.50. The van der Waals surface area contributed by atoms with Gasteiger partial charge in [-0.3, -0.25) is 4.90 Å². The minimum atomic E-state index is 0.740. The molecule has 2 bridgehead atoms. The molecule has 0 amide bonds. The average molecular weight is 136 g/mol. The SMILES string of the molecule is [B]N1CC2CCC(C1)N2C. The van der Waals surface area contributed by atoms with Gasteiger partial charge in [0.15, 0.2) is 7.98 Å². The van der Waals surface area contributed by atoms with Gasteiger partial charge in [-0.25, -0.2) is 0 Å². The van der Waals surface area contributed by atoms with E-state index in [-0.39, 0.29) is 0 Å². The van der Waals surface area contributed by atoms with Gasteiger partial charge in [-0.05, 0) is 19.9 Å². The Morgan fingerprint density at radius 1 is 1.20 bits per heavy atom. The van der Waals surface area contributed by atoms with Crippen molar-refractivity contribution in [3.63, 3.8) is 0 Å². The fourth-order valence-electron chi connectivity index (χ4n) is 2.15. The van der Waals surface area contributed by atoms with E-state index in [4.69, 9.17) is 7.98 Å². The van der Waals surface area contributed by atoms with Crippen molar-refractivity contribution in [3.05, 3.63) is 0 Å². The summed E-state index contributed by atoms with van der Waals surface area (Å²) in [6.07, 6.45) is 2.68. The van der Waals surface area contributed by atoms with Gasteiger partial charge in [0.05, 0.1) is 0 Å². The molecule has 2 rings (SSSR count). The molecule has 2 saturated heterocycles. The summed E-state index contributed by atoms with van der Waals surface area (Å²) in [5, 5.41) is 0. The molecule has 0 spiro atoms. The van der Waals surface area contributed by atoms with Crippen LogP contribution in [-0.4, -0.2) is 49.9 Å². The first-order chi connectivity index (χ1) is 4.77. The molecule has 2 unspecified atom stereocenters. The summed E-state index contributed by atoms with van der Waals surface area (Å²) in [6.45, 7) is 2.12. The molecule has 2 atom stereocenters. The molecule has 0 aliphatic carbocycles. The highest BCUT2D eigenvalue weighted by Gasteiger charge is 2.35. The fourth-order valence-corrected chi connectivity index (χ4v) is 2.15. The molecule has 0 aromatic heterocycles. The Balaban J connectivity index is 2.09. The van der Waals surface area contributed by atoms with Gasteiger partial charge in [0, 0.05) is 25.2 Å². The van der Waals surface area contributed by atoms with Crippen LogP contribution in [0.15, 0.2) is 0 Å². The van der Waals surface area contributed by atoms with Crippen LogP contribution in [0.5, 0.6) is 0 Å². The summed E-state index contributed by atoms with van der Waals surface area (Å²) < 4.78 is 0. The normalized spacial score (nSPS) is 42.5. The summed E-state index contributed by atoms with van der Waals surface area (Å²) in [4.78, 5) is 4.44. The van der Waals surface area contributed by atoms with E-state index < -0.39 is 0 Å². The Labute approximate surface area is 63.6 Å². The first-order valence-corrected chi connectivity index (χ1v) is 3.99. The number of fused-ring (bicyclic) bond motifs is 2. The van der Waals surface area contributed by atoms with Crippen molar-refractivity contribution in [3.8, 4) is 0 Å². The van der Waals surface area contributed by atoms with Crippen molar-refractivity contribution < 1.29 is 0 Å². The Bertz CT molecular complexity index is 126. The molecule has 0 N–H and O–H groups in total. The maximum atomic E-state index is 5.72. The van der Waals surface area contributed by atoms with Gasteiger partial charge in [-0.1, -0.05) is 0 Å². The van der Waals surface area contributed by atoms with Gasteiger partial charge in [-0.2, -0.15) is 0 Å². The van der Waals surface area contributed by atoms with Crippen LogP contribution in [0.4, 0.5) is 0 Å². The zero-order valence-electron chi connectivity index (χ0n) is 6.45. The molecule has 2 aliphatic rings. The van der Waals surface area contributed by atoms with Crippen molar-refractivity contribution in [2.75, 3.05) is 20.1 Å². The van der Waals surface area contributed by atoms with Gasteiger partial charge in [-0.15, -0.1) is 0 Å². The standard InChI is InChI=1S/C7H13BN2/c1-9-6-2-3-7(9)5-10(8)4-6/h6-7H,2-5H2,1H3. The molecule has 3 heteroatoms. The predicted octanol–water partition coefficient (Wildman–Crippen LogP) is -0.152. The predicted molar refractivity (Wildman–Crippen MR) is 41.9 cm³/mol. The Hall–Kier alpha value is -0.0151. The van der Waals surface area contributed by atoms with E-state index in [1.165, 1.54) is 12.8 Å². The molecule has 2 heterocycles. The molecule has 2 fully saturated rings. The van der Waals surface area contributed by atoms with Gasteiger partial charge in [0.2, 0.25) is 0 Å². The van der Waals surface area contributed by atoms with Gasteiger partial charge >= 0.3 is 0 Å². The lowest BCUT2D eigenvalue weighted by atomic mass is 10.1. The molecule has 0 aromatic carbocycles. The molecule has 0 aromatic rings. The lowest BCUT2D eigenvalue weighted by Crippen LogP contribution is -2.50. The maximum Gasteiger partial charge on any atom is 0.182 e. The zero-order chi connectivity index (χ0) is 7.14. The number of hydrogen-bond donors (Lipinski definition) is 0. The van der Waals surface area contributed by atoms with Crippen molar-refractivity contribution in [1.29, 1.82) is 0 Å². The second-order valence-electron chi connectivity index (χ2n) is 3.50. The van der Waals surface area contributed by atoms with E-state index >= 15 is 0 Å². The summed E-state index contributed by atoms with van der Waals surface area (Å²) in [5.74, 6) is 0. The van der Waals surface area contributed by atoms with Gasteiger partial charge in [0.1, 0.15) is 0 Å². The number of rotatable bonds is 0. The van der Waals surface area contributed by atoms with Crippen LogP contribution >= 0.6 is 0 Å². The van der Waals surface area contributed by atoms with Gasteiger partial charge in [0.25, 0.3) is 0 Å². The first kappa shape index (κ1) is 6.68. The van der Waals surface area contributed by atoms with E-state index in [1.54, 1.807) is 0 Å². The highest BCUT2D eigenvalue weighted by atomic mass is 15.3. The number of hydrogen-bond acceptors (Lipinski definition) is 2. The third-order valence-corrected chi connectivity index (χ3v) is 2.88. The van der Waals surface area contributed by atoms with Crippen LogP contribution in [0.25, 0.3) is 0 Å². The van der Waals surface area contributed by atoms with Crippen molar-refractivity contribution >= 4 is 7.98 Å². The van der Waals surface area contributed by atoms with Crippen LogP contribution in [-0.2, 0) is 0 Å². The molecular formula is C7H13BN2. The maximum absolute atomic E-state index is 5.72. The monoisotopic (exact) mass is 136 g/mol. The van der Waals surface area contributed by atoms with Crippen molar-refractivity contribution in [1.82, 2.24) is 9.71 Å². The van der Waals surface area contributed by atoms with E-state index in [2.05, 4.69) is 11.9 Å². The van der Waals surface area contributed by atoms with Crippen molar-refractivity contribution in [2.45, 2.75) is 24.9 Å². The molecule has 2 radical (unpaired) electrons. The quantitative estimate of drug-likeness (QED) is 0.427. The van der Waals surface area contributed by atoms with Gasteiger partial charge < -0.3 is 4.81 Å². The minimum absolute atomic E-state index is 0.740. The average Bonchev–Trinajstić information content (AvgIpc) is 2.20. The van der Waals surface area contributed by atoms with Crippen LogP contribution in [0.3, 0.4) is 0 Å². The van der Waals surface area contributed by atoms with Crippen LogP contribution in [0.2, 0.25) is 0 Å². The first-order valence-electron chi connectivity index (χ1n) is 3.99. The van der Waals surface area contributed by atoms with E-state index in [0.717, 1.165) is 25.2 Å². The summed E-state index contributed by atoms with van der Waals surface area (Å²) in [5.41, 5.74) is 0. The van der Waals surface area contributed by atoms with E-state index in [9.17, 15) is 0 Å². The number of piperazine rings is 1. The summed E-state index contributed by atoms with van der Waals surface area (Å²) in [7, 11) is 7.94. The highest BCUT2D eigenvalue weighted by molar-refractivity contribution is 6.04. The lowest BCUT2D eigenvalue weighted by Gasteiger charge is -2.37. The highest BCUT2D eigenvalue weighted by Crippen LogP contribution is 2.26. The molecular weight excluding hydrogens is 123 g/mol. The fraction of sp³-hybridized carbons (Fsp3) is 1.00. The zero-order valence-corrected chi connectivity index (χ0v) is 6.45. The number of likely N-dealkylation sites (N-methyl/N-ethyl adjacent to an activating group) is 1. The lowest BCUT2D eigenvalue weighted by molar-refractivity contribution is 0.142. The summed E-state index contributed by atoms with van der Waals surface area (Å²) >= 11 is 0. The molecule has 2 aliphatic heterocycles. The molecule has 10 heavy (non-hydrogen) atoms. The Kier molecular flexibility index (Phi) is 1.50. The van der Waals surface area contributed by atoms with Crippen LogP contribution < -0.4 is 0 Å². The second kappa shape index (κ2) is 2.24. The van der Waals surface area contributed by atoms with E-state index in [1.807, 2.05) is 4.81 Å². The Morgan fingerprint density at radius 3 is 2.20 bits per heavy atom. The Morgan fingerprint density at radius 2 is 1.70 bits per heavy atom. The van der Waals surface area contributed by atoms with Crippen LogP contribution in [0, 0.1) is 0 Å².